The summed E-state index contributed by atoms with van der Waals surface area (Å²) in [4.78, 5) is 0. The number of hydrogen-bond acceptors (Lipinski definition) is 4. The molecule has 0 unspecified atom stereocenters. The Kier molecular flexibility index (Phi) is 9.88. The lowest BCUT2D eigenvalue weighted by atomic mass is 9.78. The molecule has 0 radical (unpaired) electrons. The molecule has 3 aromatic rings. The highest BCUT2D eigenvalue weighted by Crippen LogP contribution is 2.61. The van der Waals surface area contributed by atoms with Crippen LogP contribution >= 0.6 is 38.9 Å². The van der Waals surface area contributed by atoms with Gasteiger partial charge in [-0.1, -0.05) is 56.3 Å². The van der Waals surface area contributed by atoms with Crippen LogP contribution in [0.2, 0.25) is 0 Å². The molecule has 0 aliphatic heterocycles. The standard InChI is InChI=1S/C15H16O2.C6H6O.Cl3OP/c1-15(2,11-3-7-13(16)8-4-11)12-5-9-14(17)10-6-12;7-6-4-2-1-3-5-6;1-5(2,3)4/h3-10,16-17H,1-2H3;1-5,7H;. The van der Waals surface area contributed by atoms with Gasteiger partial charge in [0.1, 0.15) is 17.2 Å². The fourth-order valence-electron chi connectivity index (χ4n) is 2.35. The Morgan fingerprint density at radius 3 is 1.14 bits per heavy atom. The van der Waals surface area contributed by atoms with E-state index in [0.29, 0.717) is 5.75 Å². The molecule has 0 aliphatic carbocycles. The van der Waals surface area contributed by atoms with Crippen molar-refractivity contribution in [3.63, 3.8) is 0 Å². The highest BCUT2D eigenvalue weighted by molar-refractivity contribution is 8.24. The second kappa shape index (κ2) is 11.4. The topological polar surface area (TPSA) is 77.8 Å². The number of phenolic OH excluding ortho intramolecular Hbond substituents is 3. The van der Waals surface area contributed by atoms with Gasteiger partial charge in [-0.2, -0.15) is 0 Å². The van der Waals surface area contributed by atoms with E-state index in [2.05, 4.69) is 47.6 Å². The number of phenols is 3. The largest absolute Gasteiger partial charge is 0.508 e. The van der Waals surface area contributed by atoms with Gasteiger partial charge >= 0.3 is 5.20 Å². The Morgan fingerprint density at radius 1 is 0.621 bits per heavy atom. The van der Waals surface area contributed by atoms with Crippen LogP contribution in [0.3, 0.4) is 0 Å². The van der Waals surface area contributed by atoms with E-state index in [1.807, 2.05) is 30.3 Å². The van der Waals surface area contributed by atoms with E-state index in [4.69, 9.17) is 5.11 Å². The molecule has 29 heavy (non-hydrogen) atoms. The van der Waals surface area contributed by atoms with E-state index >= 15 is 0 Å². The number of benzene rings is 3. The average molecular weight is 476 g/mol. The number of para-hydroxylation sites is 1. The maximum Gasteiger partial charge on any atom is 0.339 e. The Bertz CT molecular complexity index is 853. The van der Waals surface area contributed by atoms with Gasteiger partial charge in [-0.05, 0) is 81.2 Å². The van der Waals surface area contributed by atoms with Crippen LogP contribution in [0.15, 0.2) is 78.9 Å². The summed E-state index contributed by atoms with van der Waals surface area (Å²) < 4.78 is 9.51. The SMILES string of the molecule is CC(C)(c1ccc(O)cc1)c1ccc(O)cc1.O=P(Cl)(Cl)Cl.Oc1ccccc1. The highest BCUT2D eigenvalue weighted by atomic mass is 36.0. The van der Waals surface area contributed by atoms with Crippen LogP contribution in [0, 0.1) is 0 Å². The van der Waals surface area contributed by atoms with Crippen LogP contribution in [-0.4, -0.2) is 15.3 Å². The molecule has 0 aromatic heterocycles. The molecule has 3 rings (SSSR count). The second-order valence-corrected chi connectivity index (χ2v) is 13.1. The molecule has 0 spiro atoms. The highest BCUT2D eigenvalue weighted by Gasteiger charge is 2.22. The summed E-state index contributed by atoms with van der Waals surface area (Å²) in [5.74, 6) is 0.869. The van der Waals surface area contributed by atoms with E-state index in [9.17, 15) is 14.8 Å². The predicted molar refractivity (Wildman–Crippen MR) is 122 cm³/mol. The first-order valence-corrected chi connectivity index (χ1v) is 12.8. The first kappa shape index (κ1) is 25.2. The lowest BCUT2D eigenvalue weighted by Crippen LogP contribution is -2.18. The second-order valence-electron chi connectivity index (χ2n) is 6.45. The minimum atomic E-state index is -3.22. The molecule has 3 N–H and O–H groups in total. The maximum atomic E-state index is 9.51. The summed E-state index contributed by atoms with van der Waals surface area (Å²) in [6.07, 6.45) is 0. The van der Waals surface area contributed by atoms with Gasteiger partial charge in [0, 0.05) is 5.41 Å². The molecule has 0 atom stereocenters. The molecule has 0 fully saturated rings. The van der Waals surface area contributed by atoms with E-state index in [1.54, 1.807) is 48.5 Å². The van der Waals surface area contributed by atoms with Crippen LogP contribution in [0.5, 0.6) is 17.2 Å². The summed E-state index contributed by atoms with van der Waals surface area (Å²) in [5, 5.41) is 24.0. The Labute approximate surface area is 185 Å². The summed E-state index contributed by atoms with van der Waals surface area (Å²) in [7, 11) is 0. The molecule has 0 saturated carbocycles. The van der Waals surface area contributed by atoms with Gasteiger partial charge in [0.2, 0.25) is 0 Å². The minimum Gasteiger partial charge on any atom is -0.508 e. The van der Waals surface area contributed by atoms with Crippen molar-refractivity contribution in [3.05, 3.63) is 90.0 Å². The molecular weight excluding hydrogens is 454 g/mol. The monoisotopic (exact) mass is 474 g/mol. The summed E-state index contributed by atoms with van der Waals surface area (Å²) >= 11 is 13.8. The van der Waals surface area contributed by atoms with E-state index in [1.165, 1.54) is 0 Å². The van der Waals surface area contributed by atoms with E-state index in [0.717, 1.165) is 11.1 Å². The van der Waals surface area contributed by atoms with Crippen molar-refractivity contribution < 1.29 is 19.9 Å². The molecule has 0 amide bonds. The molecule has 0 bridgehead atoms. The zero-order valence-corrected chi connectivity index (χ0v) is 19.0. The first-order chi connectivity index (χ1) is 13.4. The van der Waals surface area contributed by atoms with Crippen LogP contribution < -0.4 is 0 Å². The molecular formula is C21H22Cl3O4P. The number of hydrogen-bond donors (Lipinski definition) is 3. The third-order valence-corrected chi connectivity index (χ3v) is 3.93. The first-order valence-electron chi connectivity index (χ1n) is 8.41. The third-order valence-electron chi connectivity index (χ3n) is 3.93. The zero-order valence-electron chi connectivity index (χ0n) is 15.8. The van der Waals surface area contributed by atoms with Crippen molar-refractivity contribution in [1.29, 1.82) is 0 Å². The number of aromatic hydroxyl groups is 3. The van der Waals surface area contributed by atoms with Gasteiger partial charge in [-0.15, -0.1) is 0 Å². The van der Waals surface area contributed by atoms with Gasteiger partial charge in [0.25, 0.3) is 0 Å². The maximum absolute atomic E-state index is 9.51. The molecule has 0 aliphatic rings. The fourth-order valence-corrected chi connectivity index (χ4v) is 2.35. The van der Waals surface area contributed by atoms with Crippen LogP contribution in [-0.2, 0) is 9.98 Å². The Morgan fingerprint density at radius 2 is 0.897 bits per heavy atom. The smallest absolute Gasteiger partial charge is 0.339 e. The molecule has 0 heterocycles. The lowest BCUT2D eigenvalue weighted by molar-refractivity contribution is 0.473. The van der Waals surface area contributed by atoms with Gasteiger partial charge < -0.3 is 15.3 Å². The van der Waals surface area contributed by atoms with Gasteiger partial charge in [0.05, 0.1) is 0 Å². The third kappa shape index (κ3) is 10.5. The molecule has 8 heteroatoms. The zero-order chi connectivity index (χ0) is 22.1. The average Bonchev–Trinajstić information content (AvgIpc) is 2.62. The summed E-state index contributed by atoms with van der Waals surface area (Å²) in [6.45, 7) is 4.23. The minimum absolute atomic E-state index is 0.151. The van der Waals surface area contributed by atoms with Crippen molar-refractivity contribution >= 4 is 38.9 Å². The summed E-state index contributed by atoms with van der Waals surface area (Å²) in [5.41, 5.74) is 2.10. The Balaban J connectivity index is 0.000000288. The van der Waals surface area contributed by atoms with Crippen LogP contribution in [0.4, 0.5) is 0 Å². The predicted octanol–water partition coefficient (Wildman–Crippen LogP) is 7.63. The van der Waals surface area contributed by atoms with E-state index < -0.39 is 5.20 Å². The van der Waals surface area contributed by atoms with Crippen molar-refractivity contribution in [1.82, 2.24) is 0 Å². The van der Waals surface area contributed by atoms with Crippen LogP contribution in [0.25, 0.3) is 0 Å². The fraction of sp³-hybridized carbons (Fsp3) is 0.143. The van der Waals surface area contributed by atoms with Crippen molar-refractivity contribution in [2.75, 3.05) is 0 Å². The molecule has 0 saturated heterocycles. The van der Waals surface area contributed by atoms with Gasteiger partial charge in [0.15, 0.2) is 0 Å². The van der Waals surface area contributed by atoms with Gasteiger partial charge in [-0.25, -0.2) is 0 Å². The number of halogens is 3. The summed E-state index contributed by atoms with van der Waals surface area (Å²) in [6, 6.07) is 23.2. The van der Waals surface area contributed by atoms with E-state index in [-0.39, 0.29) is 16.9 Å². The van der Waals surface area contributed by atoms with Crippen LogP contribution in [0.1, 0.15) is 25.0 Å². The van der Waals surface area contributed by atoms with Crippen molar-refractivity contribution in [2.24, 2.45) is 0 Å². The quantitative estimate of drug-likeness (QED) is 0.333. The van der Waals surface area contributed by atoms with Gasteiger partial charge in [-0.3, -0.25) is 4.57 Å². The molecule has 156 valence electrons. The van der Waals surface area contributed by atoms with Crippen molar-refractivity contribution in [3.8, 4) is 17.2 Å². The molecule has 3 aromatic carbocycles. The normalized spacial score (nSPS) is 10.8. The number of rotatable bonds is 2. The molecule has 4 nitrogen and oxygen atoms in total. The lowest BCUT2D eigenvalue weighted by Gasteiger charge is -2.26. The Hall–Kier alpha value is -1.84. The van der Waals surface area contributed by atoms with Crippen molar-refractivity contribution in [2.45, 2.75) is 19.3 Å².